The Labute approximate surface area is 118 Å². The molecule has 2 aliphatic rings. The third-order valence-corrected chi connectivity index (χ3v) is 4.36. The average molecular weight is 273 g/mol. The van der Waals surface area contributed by atoms with Crippen LogP contribution in [0, 0.1) is 23.7 Å². The molecule has 0 bridgehead atoms. The topological polar surface area (TPSA) is 83.6 Å². The summed E-state index contributed by atoms with van der Waals surface area (Å²) in [4.78, 5) is 12.5. The number of anilines is 1. The highest BCUT2D eigenvalue weighted by molar-refractivity contribution is 5.96. The van der Waals surface area contributed by atoms with Crippen molar-refractivity contribution in [3.8, 4) is 6.07 Å². The number of rotatable bonds is 3. The van der Waals surface area contributed by atoms with E-state index >= 15 is 0 Å². The molecule has 2 saturated carbocycles. The molecule has 0 aromatic carbocycles. The van der Waals surface area contributed by atoms with Crippen LogP contribution in [0.4, 0.5) is 5.95 Å². The molecule has 1 aromatic heterocycles. The summed E-state index contributed by atoms with van der Waals surface area (Å²) >= 11 is 0. The number of hydrogen-bond donors (Lipinski definition) is 1. The van der Waals surface area contributed by atoms with Crippen molar-refractivity contribution in [3.63, 3.8) is 0 Å². The Morgan fingerprint density at radius 1 is 1.35 bits per heavy atom. The van der Waals surface area contributed by atoms with E-state index in [-0.39, 0.29) is 5.91 Å². The van der Waals surface area contributed by atoms with Gasteiger partial charge in [-0.1, -0.05) is 19.3 Å². The van der Waals surface area contributed by atoms with Crippen molar-refractivity contribution in [3.05, 3.63) is 5.82 Å². The Hall–Kier alpha value is -1.90. The first-order chi connectivity index (χ1) is 9.66. The minimum absolute atomic E-state index is 0.214. The monoisotopic (exact) mass is 273 g/mol. The first kappa shape index (κ1) is 13.1. The van der Waals surface area contributed by atoms with E-state index in [1.54, 1.807) is 0 Å². The number of amides is 1. The van der Waals surface area contributed by atoms with E-state index in [4.69, 9.17) is 0 Å². The van der Waals surface area contributed by atoms with Gasteiger partial charge in [-0.3, -0.25) is 14.7 Å². The number of carbonyl (C=O) groups excluding carboxylic acids is 1. The Morgan fingerprint density at radius 3 is 2.65 bits per heavy atom. The molecule has 2 aliphatic carbocycles. The minimum atomic E-state index is -0.882. The molecule has 0 radical (unpaired) electrons. The van der Waals surface area contributed by atoms with Crippen molar-refractivity contribution in [2.24, 2.45) is 5.41 Å². The van der Waals surface area contributed by atoms with Gasteiger partial charge in [0.15, 0.2) is 0 Å². The van der Waals surface area contributed by atoms with Crippen LogP contribution in [0.5, 0.6) is 0 Å². The quantitative estimate of drug-likeness (QED) is 0.916. The van der Waals surface area contributed by atoms with E-state index in [9.17, 15) is 10.1 Å². The van der Waals surface area contributed by atoms with E-state index in [0.29, 0.717) is 24.8 Å². The zero-order chi connectivity index (χ0) is 14.2. The molecular formula is C14H19N5O. The van der Waals surface area contributed by atoms with E-state index in [1.807, 2.05) is 11.5 Å². The Morgan fingerprint density at radius 2 is 2.05 bits per heavy atom. The maximum atomic E-state index is 12.5. The van der Waals surface area contributed by atoms with Crippen LogP contribution in [0.3, 0.4) is 0 Å². The molecule has 0 unspecified atom stereocenters. The van der Waals surface area contributed by atoms with Crippen LogP contribution >= 0.6 is 0 Å². The zero-order valence-corrected chi connectivity index (χ0v) is 11.7. The van der Waals surface area contributed by atoms with E-state index in [1.165, 1.54) is 0 Å². The van der Waals surface area contributed by atoms with Crippen LogP contribution in [0.2, 0.25) is 0 Å². The number of nitrogens with one attached hydrogen (secondary N) is 1. The van der Waals surface area contributed by atoms with Gasteiger partial charge in [0, 0.05) is 6.04 Å². The lowest BCUT2D eigenvalue weighted by Crippen LogP contribution is -2.37. The zero-order valence-electron chi connectivity index (χ0n) is 11.7. The molecule has 6 heteroatoms. The molecule has 1 aromatic rings. The Kier molecular flexibility index (Phi) is 3.20. The van der Waals surface area contributed by atoms with Gasteiger partial charge in [-0.05, 0) is 32.6 Å². The Balaban J connectivity index is 1.80. The maximum absolute atomic E-state index is 12.5. The standard InChI is InChI=1S/C14H19N5O/c1-10-17-18-13(19(10)11-5-6-11)16-12(20)14(9-15)7-3-2-4-8-14/h11H,2-8H2,1H3,(H,16,18,20). The lowest BCUT2D eigenvalue weighted by Gasteiger charge is -2.28. The first-order valence-electron chi connectivity index (χ1n) is 7.30. The highest BCUT2D eigenvalue weighted by Crippen LogP contribution is 2.39. The fourth-order valence-electron chi connectivity index (χ4n) is 2.99. The summed E-state index contributed by atoms with van der Waals surface area (Å²) in [5.41, 5.74) is -0.882. The normalized spacial score (nSPS) is 21.2. The number of aromatic nitrogens is 3. The molecule has 3 rings (SSSR count). The molecule has 0 atom stereocenters. The highest BCUT2D eigenvalue weighted by atomic mass is 16.2. The number of hydrogen-bond acceptors (Lipinski definition) is 4. The first-order valence-corrected chi connectivity index (χ1v) is 7.30. The molecule has 0 spiro atoms. The van der Waals surface area contributed by atoms with Gasteiger partial charge in [0.1, 0.15) is 11.2 Å². The molecule has 1 amide bonds. The van der Waals surface area contributed by atoms with Gasteiger partial charge < -0.3 is 0 Å². The van der Waals surface area contributed by atoms with Crippen molar-refractivity contribution < 1.29 is 4.79 Å². The summed E-state index contributed by atoms with van der Waals surface area (Å²) in [6.45, 7) is 1.89. The number of carbonyl (C=O) groups is 1. The summed E-state index contributed by atoms with van der Waals surface area (Å²) in [6.07, 6.45) is 6.48. The van der Waals surface area contributed by atoms with Gasteiger partial charge in [-0.15, -0.1) is 10.2 Å². The molecule has 1 N–H and O–H groups in total. The van der Waals surface area contributed by atoms with Gasteiger partial charge in [-0.25, -0.2) is 0 Å². The van der Waals surface area contributed by atoms with E-state index < -0.39 is 5.41 Å². The number of aryl methyl sites for hydroxylation is 1. The molecule has 6 nitrogen and oxygen atoms in total. The summed E-state index contributed by atoms with van der Waals surface area (Å²) in [5, 5.41) is 20.4. The molecule has 0 saturated heterocycles. The van der Waals surface area contributed by atoms with Crippen LogP contribution in [0.25, 0.3) is 0 Å². The van der Waals surface area contributed by atoms with Crippen LogP contribution in [-0.2, 0) is 4.79 Å². The van der Waals surface area contributed by atoms with Crippen LogP contribution < -0.4 is 5.32 Å². The minimum Gasteiger partial charge on any atom is -0.294 e. The van der Waals surface area contributed by atoms with Crippen molar-refractivity contribution >= 4 is 11.9 Å². The van der Waals surface area contributed by atoms with Crippen LogP contribution in [0.1, 0.15) is 56.8 Å². The van der Waals surface area contributed by atoms with Gasteiger partial charge in [0.2, 0.25) is 11.9 Å². The SMILES string of the molecule is Cc1nnc(NC(=O)C2(C#N)CCCCC2)n1C1CC1. The van der Waals surface area contributed by atoms with Crippen LogP contribution in [0.15, 0.2) is 0 Å². The van der Waals surface area contributed by atoms with Crippen molar-refractivity contribution in [1.29, 1.82) is 5.26 Å². The van der Waals surface area contributed by atoms with Gasteiger partial charge in [0.05, 0.1) is 6.07 Å². The molecule has 2 fully saturated rings. The van der Waals surface area contributed by atoms with Crippen LogP contribution in [-0.4, -0.2) is 20.7 Å². The molecule has 0 aliphatic heterocycles. The lowest BCUT2D eigenvalue weighted by molar-refractivity contribution is -0.124. The third kappa shape index (κ3) is 2.17. The summed E-state index contributed by atoms with van der Waals surface area (Å²) < 4.78 is 1.98. The van der Waals surface area contributed by atoms with Gasteiger partial charge >= 0.3 is 0 Å². The van der Waals surface area contributed by atoms with Crippen molar-refractivity contribution in [2.45, 2.75) is 57.9 Å². The second-order valence-corrected chi connectivity index (χ2v) is 5.88. The predicted molar refractivity (Wildman–Crippen MR) is 72.8 cm³/mol. The van der Waals surface area contributed by atoms with Crippen molar-refractivity contribution in [2.75, 3.05) is 5.32 Å². The highest BCUT2D eigenvalue weighted by Gasteiger charge is 2.41. The number of nitriles is 1. The predicted octanol–water partition coefficient (Wildman–Crippen LogP) is 2.33. The fourth-order valence-corrected chi connectivity index (χ4v) is 2.99. The van der Waals surface area contributed by atoms with E-state index in [2.05, 4.69) is 21.6 Å². The van der Waals surface area contributed by atoms with Gasteiger partial charge in [-0.2, -0.15) is 5.26 Å². The maximum Gasteiger partial charge on any atom is 0.247 e. The molecular weight excluding hydrogens is 254 g/mol. The molecule has 1 heterocycles. The summed E-state index contributed by atoms with van der Waals surface area (Å²) in [6, 6.07) is 2.65. The smallest absolute Gasteiger partial charge is 0.247 e. The average Bonchev–Trinajstić information content (AvgIpc) is 3.24. The lowest BCUT2D eigenvalue weighted by atomic mass is 9.74. The van der Waals surface area contributed by atoms with Gasteiger partial charge in [0.25, 0.3) is 0 Å². The second kappa shape index (κ2) is 4.89. The fraction of sp³-hybridized carbons (Fsp3) is 0.714. The van der Waals surface area contributed by atoms with E-state index in [0.717, 1.165) is 37.9 Å². The molecule has 20 heavy (non-hydrogen) atoms. The number of nitrogens with zero attached hydrogens (tertiary/aromatic N) is 4. The summed E-state index contributed by atoms with van der Waals surface area (Å²) in [7, 11) is 0. The largest absolute Gasteiger partial charge is 0.294 e. The molecule has 106 valence electrons. The second-order valence-electron chi connectivity index (χ2n) is 5.88. The third-order valence-electron chi connectivity index (χ3n) is 4.36. The van der Waals surface area contributed by atoms with Crippen molar-refractivity contribution in [1.82, 2.24) is 14.8 Å². The summed E-state index contributed by atoms with van der Waals surface area (Å²) in [5.74, 6) is 1.10. The Bertz CT molecular complexity index is 561.